The number of pyridine rings is 1. The minimum absolute atomic E-state index is 0.0555. The van der Waals surface area contributed by atoms with Gasteiger partial charge < -0.3 is 24.5 Å². The van der Waals surface area contributed by atoms with E-state index in [0.29, 0.717) is 23.2 Å². The number of aromatic nitrogens is 3. The van der Waals surface area contributed by atoms with Crippen LogP contribution in [0.3, 0.4) is 0 Å². The summed E-state index contributed by atoms with van der Waals surface area (Å²) in [6, 6.07) is 3.59. The predicted octanol–water partition coefficient (Wildman–Crippen LogP) is 1.76. The Morgan fingerprint density at radius 2 is 1.96 bits per heavy atom. The van der Waals surface area contributed by atoms with Crippen molar-refractivity contribution in [2.24, 2.45) is 0 Å². The molecule has 3 aromatic heterocycles. The monoisotopic (exact) mass is 327 g/mol. The fourth-order valence-corrected chi connectivity index (χ4v) is 4.32. The first-order chi connectivity index (χ1) is 11.3. The van der Waals surface area contributed by atoms with Crippen molar-refractivity contribution >= 4 is 5.65 Å². The Hall–Kier alpha value is -2.51. The van der Waals surface area contributed by atoms with Crippen LogP contribution in [-0.2, 0) is 15.9 Å². The van der Waals surface area contributed by atoms with Crippen molar-refractivity contribution < 1.29 is 20.1 Å². The van der Waals surface area contributed by atoms with E-state index < -0.39 is 17.3 Å². The number of aromatic hydroxyl groups is 2. The van der Waals surface area contributed by atoms with Gasteiger partial charge in [-0.15, -0.1) is 0 Å². The molecule has 7 nitrogen and oxygen atoms in total. The molecule has 7 heteroatoms. The topological polar surface area (TPSA) is 92.1 Å². The van der Waals surface area contributed by atoms with Crippen molar-refractivity contribution in [3.05, 3.63) is 41.9 Å². The lowest BCUT2D eigenvalue weighted by Crippen LogP contribution is -2.32. The minimum Gasteiger partial charge on any atom is -0.494 e. The largest absolute Gasteiger partial charge is 0.494 e. The van der Waals surface area contributed by atoms with Gasteiger partial charge in [0.2, 0.25) is 11.8 Å². The fraction of sp³-hybridized carbons (Fsp3) is 0.353. The van der Waals surface area contributed by atoms with Gasteiger partial charge in [-0.05, 0) is 26.0 Å². The van der Waals surface area contributed by atoms with Crippen LogP contribution in [0.15, 0.2) is 30.7 Å². The average molecular weight is 327 g/mol. The smallest absolute Gasteiger partial charge is 0.205 e. The second kappa shape index (κ2) is 3.93. The molecule has 0 saturated carbocycles. The van der Waals surface area contributed by atoms with Crippen molar-refractivity contribution in [1.82, 2.24) is 14.0 Å². The maximum Gasteiger partial charge on any atom is 0.205 e. The van der Waals surface area contributed by atoms with Gasteiger partial charge in [-0.2, -0.15) is 0 Å². The van der Waals surface area contributed by atoms with Crippen LogP contribution < -0.4 is 0 Å². The van der Waals surface area contributed by atoms with Crippen molar-refractivity contribution in [2.45, 2.75) is 37.6 Å². The molecule has 2 aliphatic heterocycles. The van der Waals surface area contributed by atoms with Gasteiger partial charge in [-0.3, -0.25) is 0 Å². The van der Waals surface area contributed by atoms with Gasteiger partial charge >= 0.3 is 0 Å². The van der Waals surface area contributed by atoms with E-state index in [0.717, 1.165) is 5.65 Å². The molecule has 3 aromatic rings. The summed E-state index contributed by atoms with van der Waals surface area (Å²) in [7, 11) is 0. The molecule has 24 heavy (non-hydrogen) atoms. The Labute approximate surface area is 137 Å². The van der Waals surface area contributed by atoms with Crippen molar-refractivity contribution in [3.63, 3.8) is 0 Å². The molecular weight excluding hydrogens is 310 g/mol. The minimum atomic E-state index is -1.02. The summed E-state index contributed by atoms with van der Waals surface area (Å²) < 4.78 is 9.18. The summed E-state index contributed by atoms with van der Waals surface area (Å²) in [6.07, 6.45) is 4.91. The fourth-order valence-electron chi connectivity index (χ4n) is 4.32. The molecule has 2 unspecified atom stereocenters. The molecule has 124 valence electrons. The van der Waals surface area contributed by atoms with Crippen LogP contribution in [0.1, 0.15) is 31.4 Å². The molecule has 5 heterocycles. The first-order valence-corrected chi connectivity index (χ1v) is 7.84. The maximum absolute atomic E-state index is 10.8. The van der Waals surface area contributed by atoms with E-state index in [1.165, 1.54) is 4.57 Å². The maximum atomic E-state index is 10.8. The lowest BCUT2D eigenvalue weighted by molar-refractivity contribution is -0.0936. The number of fused-ring (bicyclic) bond motifs is 6. The number of nitrogens with zero attached hydrogens (tertiary/aromatic N) is 3. The zero-order chi connectivity index (χ0) is 16.9. The van der Waals surface area contributed by atoms with Crippen LogP contribution in [0.2, 0.25) is 0 Å². The zero-order valence-corrected chi connectivity index (χ0v) is 13.3. The Bertz CT molecular complexity index is 1010. The lowest BCUT2D eigenvalue weighted by Gasteiger charge is -2.25. The second-order valence-electron chi connectivity index (χ2n) is 6.97. The summed E-state index contributed by atoms with van der Waals surface area (Å²) in [5, 5.41) is 32.0. The number of rotatable bonds is 1. The molecule has 0 aliphatic carbocycles. The van der Waals surface area contributed by atoms with Gasteiger partial charge in [0.15, 0.2) is 0 Å². The molecule has 3 N–H and O–H groups in total. The quantitative estimate of drug-likeness (QED) is 0.633. The van der Waals surface area contributed by atoms with E-state index in [1.54, 1.807) is 31.6 Å². The number of hydrogen-bond donors (Lipinski definition) is 3. The molecule has 2 bridgehead atoms. The summed E-state index contributed by atoms with van der Waals surface area (Å²) in [6.45, 7) is 3.58. The Morgan fingerprint density at radius 3 is 2.75 bits per heavy atom. The van der Waals surface area contributed by atoms with Crippen LogP contribution in [0, 0.1) is 0 Å². The normalized spacial score (nSPS) is 31.0. The van der Waals surface area contributed by atoms with E-state index in [-0.39, 0.29) is 11.8 Å². The number of aliphatic hydroxyl groups excluding tert-OH is 1. The molecule has 0 amide bonds. The summed E-state index contributed by atoms with van der Waals surface area (Å²) in [5.74, 6) is -0.160. The Balaban J connectivity index is 1.80. The molecule has 1 fully saturated rings. The molecule has 0 radical (unpaired) electrons. The zero-order valence-electron chi connectivity index (χ0n) is 13.3. The second-order valence-corrected chi connectivity index (χ2v) is 6.97. The van der Waals surface area contributed by atoms with Crippen LogP contribution in [0.4, 0.5) is 0 Å². The Morgan fingerprint density at radius 1 is 1.21 bits per heavy atom. The number of hydrogen-bond acceptors (Lipinski definition) is 5. The molecular formula is C17H17N3O4. The average Bonchev–Trinajstić information content (AvgIpc) is 3.19. The molecule has 0 aromatic carbocycles. The third-order valence-corrected chi connectivity index (χ3v) is 5.43. The SMILES string of the molecule is CC12C[C@H](O)C(C)(O1)c1c2c(O)n(-c2ccc3nccn3c2)c1O. The van der Waals surface area contributed by atoms with Crippen LogP contribution >= 0.6 is 0 Å². The summed E-state index contributed by atoms with van der Waals surface area (Å²) in [4.78, 5) is 4.19. The third kappa shape index (κ3) is 1.38. The number of aliphatic hydroxyl groups is 1. The highest BCUT2D eigenvalue weighted by Crippen LogP contribution is 2.64. The van der Waals surface area contributed by atoms with E-state index in [1.807, 2.05) is 17.4 Å². The van der Waals surface area contributed by atoms with Crippen molar-refractivity contribution in [3.8, 4) is 17.4 Å². The van der Waals surface area contributed by atoms with Crippen molar-refractivity contribution in [2.75, 3.05) is 0 Å². The highest BCUT2D eigenvalue weighted by atomic mass is 16.6. The van der Waals surface area contributed by atoms with Gasteiger partial charge in [-0.1, -0.05) is 0 Å². The van der Waals surface area contributed by atoms with Crippen LogP contribution in [-0.4, -0.2) is 35.4 Å². The summed E-state index contributed by atoms with van der Waals surface area (Å²) >= 11 is 0. The molecule has 3 atom stereocenters. The van der Waals surface area contributed by atoms with Gasteiger partial charge in [0, 0.05) is 25.0 Å². The van der Waals surface area contributed by atoms with E-state index in [9.17, 15) is 15.3 Å². The van der Waals surface area contributed by atoms with Gasteiger partial charge in [-0.25, -0.2) is 9.55 Å². The van der Waals surface area contributed by atoms with Gasteiger partial charge in [0.05, 0.1) is 28.5 Å². The van der Waals surface area contributed by atoms with Gasteiger partial charge in [0.25, 0.3) is 0 Å². The van der Waals surface area contributed by atoms with E-state index in [4.69, 9.17) is 4.74 Å². The number of ether oxygens (including phenoxy) is 1. The highest BCUT2D eigenvalue weighted by molar-refractivity contribution is 5.61. The highest BCUT2D eigenvalue weighted by Gasteiger charge is 2.64. The standard InChI is InChI=1S/C17H17N3O4/c1-16-7-10(21)17(2,24-16)13-12(16)14(22)20(15(13)23)9-3-4-11-18-5-6-19(11)8-9/h3-6,8,10,21-23H,7H2,1-2H3/t10-,16?,17?/m0/s1. The third-order valence-electron chi connectivity index (χ3n) is 5.43. The van der Waals surface area contributed by atoms with Crippen LogP contribution in [0.5, 0.6) is 11.8 Å². The first kappa shape index (κ1) is 13.9. The van der Waals surface area contributed by atoms with E-state index >= 15 is 0 Å². The van der Waals surface area contributed by atoms with Crippen molar-refractivity contribution in [1.29, 1.82) is 0 Å². The van der Waals surface area contributed by atoms with E-state index in [2.05, 4.69) is 4.98 Å². The Kier molecular flexibility index (Phi) is 2.28. The predicted molar refractivity (Wildman–Crippen MR) is 84.3 cm³/mol. The van der Waals surface area contributed by atoms with Crippen LogP contribution in [0.25, 0.3) is 11.3 Å². The molecule has 2 aliphatic rings. The number of imidazole rings is 1. The summed E-state index contributed by atoms with van der Waals surface area (Å²) in [5.41, 5.74) is 0.567. The molecule has 1 saturated heterocycles. The molecule has 5 rings (SSSR count). The van der Waals surface area contributed by atoms with Gasteiger partial charge in [0.1, 0.15) is 11.2 Å². The lowest BCUT2D eigenvalue weighted by atomic mass is 9.78. The first-order valence-electron chi connectivity index (χ1n) is 7.84. The molecule has 0 spiro atoms.